The minimum absolute atomic E-state index is 0.0305. The van der Waals surface area contributed by atoms with Crippen molar-refractivity contribution >= 4 is 40.5 Å². The van der Waals surface area contributed by atoms with Crippen molar-refractivity contribution in [2.75, 3.05) is 13.1 Å². The molecule has 0 bridgehead atoms. The number of carbonyl (C=O) groups is 4. The molecule has 0 aromatic heterocycles. The van der Waals surface area contributed by atoms with Gasteiger partial charge in [-0.1, -0.05) is 48.5 Å². The Morgan fingerprint density at radius 3 is 2.41 bits per heavy atom. The number of carbonyl (C=O) groups excluding carboxylic acids is 3. The Bertz CT molecular complexity index is 1290. The van der Waals surface area contributed by atoms with E-state index in [1.54, 1.807) is 36.4 Å². The highest BCUT2D eigenvalue weighted by molar-refractivity contribution is 7.82. The highest BCUT2D eigenvalue weighted by Crippen LogP contribution is 2.18. The van der Waals surface area contributed by atoms with Crippen LogP contribution in [-0.2, 0) is 49.0 Å². The summed E-state index contributed by atoms with van der Waals surface area (Å²) in [5.41, 5.74) is 8.48. The van der Waals surface area contributed by atoms with Gasteiger partial charge in [-0.15, -0.1) is 0 Å². The molecule has 0 spiro atoms. The van der Waals surface area contributed by atoms with Crippen molar-refractivity contribution in [2.45, 2.75) is 57.0 Å². The molecule has 1 saturated heterocycles. The van der Waals surface area contributed by atoms with Crippen LogP contribution >= 0.6 is 0 Å². The van der Waals surface area contributed by atoms with E-state index >= 15 is 0 Å². The first-order chi connectivity index (χ1) is 19.6. The van der Waals surface area contributed by atoms with Crippen molar-refractivity contribution in [3.8, 4) is 0 Å². The first-order valence-electron chi connectivity index (χ1n) is 13.3. The van der Waals surface area contributed by atoms with Gasteiger partial charge in [0.05, 0.1) is 23.3 Å². The quantitative estimate of drug-likeness (QED) is 0.132. The third kappa shape index (κ3) is 10.4. The highest BCUT2D eigenvalue weighted by atomic mass is 32.2. The van der Waals surface area contributed by atoms with Crippen LogP contribution in [0.25, 0.3) is 0 Å². The van der Waals surface area contributed by atoms with E-state index in [1.807, 2.05) is 12.1 Å². The van der Waals surface area contributed by atoms with Gasteiger partial charge in [-0.05, 0) is 36.0 Å². The third-order valence-corrected chi connectivity index (χ3v) is 7.63. The first-order valence-corrected chi connectivity index (χ1v) is 14.6. The van der Waals surface area contributed by atoms with E-state index in [0.717, 1.165) is 16.7 Å². The van der Waals surface area contributed by atoms with Crippen molar-refractivity contribution < 1.29 is 28.5 Å². The second-order valence-corrected chi connectivity index (χ2v) is 11.0. The van der Waals surface area contributed by atoms with Crippen LogP contribution in [0.3, 0.4) is 0 Å². The smallest absolute Gasteiger partial charge is 0.303 e. The van der Waals surface area contributed by atoms with Crippen LogP contribution in [0.2, 0.25) is 0 Å². The summed E-state index contributed by atoms with van der Waals surface area (Å²) in [7, 11) is -1.54. The lowest BCUT2D eigenvalue weighted by molar-refractivity contribution is -0.137. The van der Waals surface area contributed by atoms with Gasteiger partial charge in [0.2, 0.25) is 17.7 Å². The number of amides is 3. The molecule has 1 aliphatic heterocycles. The van der Waals surface area contributed by atoms with Crippen LogP contribution in [0.1, 0.15) is 54.4 Å². The standard InChI is InChI=1S/C28H36N6O6S/c29-27(30)22-11-9-19(10-12-22)15-32-28(39)23-6-3-13-34(23)25(36)17-33-41(40)18-21-5-1-4-20(14-21)16-31-24(35)7-2-8-26(37)38/h1,4-5,9-12,14,23,33H,2-3,6-8,13,15-18H2,(H3,29,30)(H,31,35)(H,32,39)(H,37,38). The molecule has 0 saturated carbocycles. The summed E-state index contributed by atoms with van der Waals surface area (Å²) in [5, 5.41) is 21.7. The van der Waals surface area contributed by atoms with Crippen LogP contribution in [0, 0.1) is 5.41 Å². The molecule has 12 nitrogen and oxygen atoms in total. The third-order valence-electron chi connectivity index (χ3n) is 6.57. The van der Waals surface area contributed by atoms with Crippen molar-refractivity contribution in [2.24, 2.45) is 5.73 Å². The second kappa shape index (κ2) is 15.6. The Hall–Kier alpha value is -4.10. The number of carboxylic acids is 1. The zero-order valence-corrected chi connectivity index (χ0v) is 23.5. The van der Waals surface area contributed by atoms with Crippen LogP contribution < -0.4 is 21.1 Å². The van der Waals surface area contributed by atoms with E-state index in [1.165, 1.54) is 4.90 Å². The zero-order valence-electron chi connectivity index (χ0n) is 22.7. The summed E-state index contributed by atoms with van der Waals surface area (Å²) < 4.78 is 15.4. The molecule has 41 heavy (non-hydrogen) atoms. The topological polar surface area (TPSA) is 195 Å². The summed E-state index contributed by atoms with van der Waals surface area (Å²) >= 11 is 0. The van der Waals surface area contributed by atoms with Crippen LogP contribution in [0.15, 0.2) is 48.5 Å². The normalized spacial score (nSPS) is 15.2. The van der Waals surface area contributed by atoms with Gasteiger partial charge < -0.3 is 26.4 Å². The number of hydrogen-bond acceptors (Lipinski definition) is 6. The monoisotopic (exact) mass is 584 g/mol. The predicted molar refractivity (Wildman–Crippen MR) is 154 cm³/mol. The molecule has 1 fully saturated rings. The summed E-state index contributed by atoms with van der Waals surface area (Å²) in [5.74, 6) is -1.61. The average Bonchev–Trinajstić information content (AvgIpc) is 3.44. The highest BCUT2D eigenvalue weighted by Gasteiger charge is 2.33. The summed E-state index contributed by atoms with van der Waals surface area (Å²) in [6.45, 7) is 0.823. The lowest BCUT2D eigenvalue weighted by atomic mass is 10.1. The molecule has 3 amide bonds. The number of hydrogen-bond donors (Lipinski definition) is 6. The summed E-state index contributed by atoms with van der Waals surface area (Å²) in [4.78, 5) is 49.6. The minimum Gasteiger partial charge on any atom is -0.481 e. The van der Waals surface area contributed by atoms with Crippen LogP contribution in [0.5, 0.6) is 0 Å². The predicted octanol–water partition coefficient (Wildman–Crippen LogP) is 0.902. The van der Waals surface area contributed by atoms with Gasteiger partial charge >= 0.3 is 5.97 Å². The fourth-order valence-electron chi connectivity index (χ4n) is 4.41. The van der Waals surface area contributed by atoms with Crippen molar-refractivity contribution in [3.63, 3.8) is 0 Å². The molecule has 2 aromatic rings. The number of aliphatic carboxylic acids is 1. The number of amidine groups is 1. The van der Waals surface area contributed by atoms with Crippen LogP contribution in [0.4, 0.5) is 0 Å². The molecule has 3 rings (SSSR count). The number of nitrogen functional groups attached to an aromatic ring is 1. The molecule has 220 valence electrons. The first kappa shape index (κ1) is 31.4. The van der Waals surface area contributed by atoms with E-state index in [9.17, 15) is 23.4 Å². The molecule has 13 heteroatoms. The number of nitrogens with zero attached hydrogens (tertiary/aromatic N) is 1. The number of nitrogens with two attached hydrogens (primary N) is 1. The van der Waals surface area contributed by atoms with Gasteiger partial charge in [-0.3, -0.25) is 24.6 Å². The molecular weight excluding hydrogens is 548 g/mol. The van der Waals surface area contributed by atoms with Gasteiger partial charge in [0.1, 0.15) is 11.9 Å². The molecule has 7 N–H and O–H groups in total. The Balaban J connectivity index is 1.42. The number of benzene rings is 2. The van der Waals surface area contributed by atoms with E-state index in [4.69, 9.17) is 16.2 Å². The van der Waals surface area contributed by atoms with Crippen LogP contribution in [-0.4, -0.2) is 62.9 Å². The average molecular weight is 585 g/mol. The van der Waals surface area contributed by atoms with Crippen molar-refractivity contribution in [1.82, 2.24) is 20.3 Å². The van der Waals surface area contributed by atoms with Crippen molar-refractivity contribution in [3.05, 3.63) is 70.8 Å². The van der Waals surface area contributed by atoms with Crippen molar-refractivity contribution in [1.29, 1.82) is 5.41 Å². The second-order valence-electron chi connectivity index (χ2n) is 9.73. The molecule has 0 radical (unpaired) electrons. The number of likely N-dealkylation sites (tertiary alicyclic amines) is 1. The van der Waals surface area contributed by atoms with Gasteiger partial charge in [0.15, 0.2) is 0 Å². The molecule has 1 heterocycles. The fourth-order valence-corrected chi connectivity index (χ4v) is 5.28. The molecule has 2 aromatic carbocycles. The fraction of sp³-hybridized carbons (Fsp3) is 0.393. The molecule has 2 atom stereocenters. The number of carboxylic acid groups (broad SMARTS) is 1. The Morgan fingerprint density at radius 1 is 1.00 bits per heavy atom. The van der Waals surface area contributed by atoms with Gasteiger partial charge in [-0.2, -0.15) is 0 Å². The summed E-state index contributed by atoms with van der Waals surface area (Å²) in [6.07, 6.45) is 1.58. The lowest BCUT2D eigenvalue weighted by Crippen LogP contribution is -2.48. The maximum Gasteiger partial charge on any atom is 0.303 e. The number of rotatable bonds is 15. The Labute approximate surface area is 241 Å². The molecule has 0 aliphatic carbocycles. The van der Waals surface area contributed by atoms with Gasteiger partial charge in [0.25, 0.3) is 0 Å². The largest absolute Gasteiger partial charge is 0.481 e. The molecule has 2 unspecified atom stereocenters. The van der Waals surface area contributed by atoms with Gasteiger partial charge in [0, 0.05) is 38.0 Å². The van der Waals surface area contributed by atoms with E-state index < -0.39 is 23.0 Å². The van der Waals surface area contributed by atoms with E-state index in [-0.39, 0.29) is 68.2 Å². The summed E-state index contributed by atoms with van der Waals surface area (Å²) in [6, 6.07) is 13.6. The molecule has 1 aliphatic rings. The zero-order chi connectivity index (χ0) is 29.8. The van der Waals surface area contributed by atoms with E-state index in [0.29, 0.717) is 24.9 Å². The Morgan fingerprint density at radius 2 is 1.71 bits per heavy atom. The Kier molecular flexibility index (Phi) is 12.0. The number of nitrogens with one attached hydrogen (secondary N) is 4. The lowest BCUT2D eigenvalue weighted by Gasteiger charge is -2.24. The minimum atomic E-state index is -1.54. The maximum absolute atomic E-state index is 12.9. The van der Waals surface area contributed by atoms with Gasteiger partial charge in [-0.25, -0.2) is 8.93 Å². The SMILES string of the molecule is N=C(N)c1ccc(CNC(=O)C2CCCN2C(=O)CNS(=O)Cc2cccc(CNC(=O)CCCC(=O)O)c2)cc1. The molecular formula is C28H36N6O6S. The maximum atomic E-state index is 12.9. The van der Waals surface area contributed by atoms with E-state index in [2.05, 4.69) is 15.4 Å².